The number of allylic oxidation sites excluding steroid dienone is 1. The molecule has 0 aromatic heterocycles. The van der Waals surface area contributed by atoms with E-state index in [1.807, 2.05) is 36.4 Å². The first-order valence-electron chi connectivity index (χ1n) is 6.59. The normalized spacial score (nSPS) is 17.1. The largest absolute Gasteiger partial charge is 0.452 e. The summed E-state index contributed by atoms with van der Waals surface area (Å²) in [6, 6.07) is 9.87. The molecule has 1 amide bonds. The molecule has 0 saturated carbocycles. The number of carbonyl (C=O) groups excluding carboxylic acids is 2. The Labute approximate surface area is 123 Å². The molecule has 21 heavy (non-hydrogen) atoms. The Morgan fingerprint density at radius 3 is 2.57 bits per heavy atom. The highest BCUT2D eigenvalue weighted by Gasteiger charge is 2.23. The maximum Gasteiger partial charge on any atom is 0.417 e. The van der Waals surface area contributed by atoms with Crippen LogP contribution in [0.3, 0.4) is 0 Å². The summed E-state index contributed by atoms with van der Waals surface area (Å²) >= 11 is 0. The lowest BCUT2D eigenvalue weighted by molar-refractivity contribution is -0.137. The third kappa shape index (κ3) is 3.95. The number of rotatable bonds is 3. The molecule has 1 aliphatic heterocycles. The summed E-state index contributed by atoms with van der Waals surface area (Å²) in [5.74, 6) is -0.0871. The van der Waals surface area contributed by atoms with E-state index in [2.05, 4.69) is 4.74 Å². The number of amides is 1. The lowest BCUT2D eigenvalue weighted by Crippen LogP contribution is -2.26. The fourth-order valence-electron chi connectivity index (χ4n) is 2.09. The topological polar surface area (TPSA) is 55.8 Å². The molecule has 110 valence electrons. The molecule has 1 aromatic carbocycles. The molecule has 1 heterocycles. The zero-order valence-corrected chi connectivity index (χ0v) is 12.0. The summed E-state index contributed by atoms with van der Waals surface area (Å²) in [6.45, 7) is 1.33. The molecule has 1 aliphatic rings. The van der Waals surface area contributed by atoms with Gasteiger partial charge >= 0.3 is 12.1 Å². The predicted octanol–water partition coefficient (Wildman–Crippen LogP) is 2.85. The van der Waals surface area contributed by atoms with Crippen molar-refractivity contribution in [3.05, 3.63) is 60.1 Å². The number of esters is 1. The summed E-state index contributed by atoms with van der Waals surface area (Å²) in [5, 5.41) is 0. The Kier molecular flexibility index (Phi) is 4.77. The molecule has 0 bridgehead atoms. The molecule has 0 saturated heterocycles. The van der Waals surface area contributed by atoms with E-state index in [1.165, 1.54) is 25.1 Å². The molecule has 1 atom stereocenters. The van der Waals surface area contributed by atoms with Crippen molar-refractivity contribution in [2.24, 2.45) is 5.92 Å². The number of methoxy groups -OCH3 is 1. The van der Waals surface area contributed by atoms with E-state index >= 15 is 0 Å². The van der Waals surface area contributed by atoms with Crippen molar-refractivity contribution >= 4 is 12.1 Å². The van der Waals surface area contributed by atoms with E-state index in [0.29, 0.717) is 12.2 Å². The molecule has 5 nitrogen and oxygen atoms in total. The number of ether oxygens (including phenoxy) is 2. The summed E-state index contributed by atoms with van der Waals surface area (Å²) in [5.41, 5.74) is 1.12. The van der Waals surface area contributed by atoms with Crippen molar-refractivity contribution in [3.63, 3.8) is 0 Å². The minimum atomic E-state index is -0.533. The van der Waals surface area contributed by atoms with Gasteiger partial charge in [-0.1, -0.05) is 36.4 Å². The van der Waals surface area contributed by atoms with Gasteiger partial charge in [-0.3, -0.25) is 9.69 Å². The van der Waals surface area contributed by atoms with Crippen LogP contribution in [0.4, 0.5) is 4.79 Å². The second kappa shape index (κ2) is 6.74. The van der Waals surface area contributed by atoms with Crippen molar-refractivity contribution in [3.8, 4) is 0 Å². The highest BCUT2D eigenvalue weighted by Crippen LogP contribution is 2.25. The van der Waals surface area contributed by atoms with Crippen molar-refractivity contribution in [1.29, 1.82) is 0 Å². The number of hydrogen-bond donors (Lipinski definition) is 0. The highest BCUT2D eigenvalue weighted by atomic mass is 16.5. The Balaban J connectivity index is 2.18. The molecule has 0 aliphatic carbocycles. The fraction of sp³-hybridized carbons (Fsp3) is 0.250. The van der Waals surface area contributed by atoms with Gasteiger partial charge in [0.25, 0.3) is 0 Å². The smallest absolute Gasteiger partial charge is 0.417 e. The van der Waals surface area contributed by atoms with Gasteiger partial charge < -0.3 is 9.47 Å². The van der Waals surface area contributed by atoms with Crippen molar-refractivity contribution in [1.82, 2.24) is 4.90 Å². The van der Waals surface area contributed by atoms with Gasteiger partial charge in [0.05, 0.1) is 13.3 Å². The molecule has 2 rings (SSSR count). The second-order valence-corrected chi connectivity index (χ2v) is 4.64. The first-order valence-corrected chi connectivity index (χ1v) is 6.59. The Bertz CT molecular complexity index is 577. The molecule has 1 aromatic rings. The van der Waals surface area contributed by atoms with Crippen LogP contribution in [0.1, 0.15) is 12.5 Å². The van der Waals surface area contributed by atoms with Crippen LogP contribution in [0.15, 0.2) is 54.6 Å². The summed E-state index contributed by atoms with van der Waals surface area (Å²) < 4.78 is 9.87. The summed E-state index contributed by atoms with van der Waals surface area (Å²) in [6.07, 6.45) is 5.08. The fourth-order valence-corrected chi connectivity index (χ4v) is 2.09. The van der Waals surface area contributed by atoms with Gasteiger partial charge in [-0.25, -0.2) is 4.79 Å². The quantitative estimate of drug-likeness (QED) is 0.802. The first kappa shape index (κ1) is 14.8. The van der Waals surface area contributed by atoms with Gasteiger partial charge in [0, 0.05) is 19.0 Å². The molecule has 0 radical (unpaired) electrons. The van der Waals surface area contributed by atoms with E-state index < -0.39 is 12.1 Å². The SMILES string of the molecule is COC(=O)N1C=CC(Cc2ccccc2)C(OC(C)=O)=C1. The monoisotopic (exact) mass is 287 g/mol. The lowest BCUT2D eigenvalue weighted by atomic mass is 9.96. The molecule has 5 heteroatoms. The van der Waals surface area contributed by atoms with Crippen LogP contribution in [0.25, 0.3) is 0 Å². The predicted molar refractivity (Wildman–Crippen MR) is 76.9 cm³/mol. The van der Waals surface area contributed by atoms with E-state index in [-0.39, 0.29) is 5.92 Å². The van der Waals surface area contributed by atoms with Crippen LogP contribution in [-0.2, 0) is 20.7 Å². The average Bonchev–Trinajstić information content (AvgIpc) is 2.48. The number of hydrogen-bond acceptors (Lipinski definition) is 4. The van der Waals surface area contributed by atoms with Gasteiger partial charge in [-0.05, 0) is 12.0 Å². The molecule has 0 N–H and O–H groups in total. The third-order valence-electron chi connectivity index (χ3n) is 3.06. The van der Waals surface area contributed by atoms with Crippen LogP contribution in [0, 0.1) is 5.92 Å². The van der Waals surface area contributed by atoms with Gasteiger partial charge in [0.1, 0.15) is 5.76 Å². The minimum Gasteiger partial charge on any atom is -0.452 e. The molecule has 0 fully saturated rings. The lowest BCUT2D eigenvalue weighted by Gasteiger charge is -2.24. The zero-order valence-electron chi connectivity index (χ0n) is 12.0. The summed E-state index contributed by atoms with van der Waals surface area (Å²) in [4.78, 5) is 24.0. The van der Waals surface area contributed by atoms with Crippen LogP contribution in [0.5, 0.6) is 0 Å². The number of benzene rings is 1. The maximum atomic E-state index is 11.5. The Morgan fingerprint density at radius 2 is 1.95 bits per heavy atom. The van der Waals surface area contributed by atoms with E-state index in [1.54, 1.807) is 6.20 Å². The van der Waals surface area contributed by atoms with Crippen molar-refractivity contribution in [2.45, 2.75) is 13.3 Å². The van der Waals surface area contributed by atoms with E-state index in [4.69, 9.17) is 4.74 Å². The van der Waals surface area contributed by atoms with E-state index in [9.17, 15) is 9.59 Å². The van der Waals surface area contributed by atoms with E-state index in [0.717, 1.165) is 5.56 Å². The Hall–Kier alpha value is -2.56. The van der Waals surface area contributed by atoms with Crippen molar-refractivity contribution < 1.29 is 19.1 Å². The van der Waals surface area contributed by atoms with Gasteiger partial charge in [-0.15, -0.1) is 0 Å². The van der Waals surface area contributed by atoms with Gasteiger partial charge in [0.15, 0.2) is 0 Å². The molecular weight excluding hydrogens is 270 g/mol. The average molecular weight is 287 g/mol. The van der Waals surface area contributed by atoms with Crippen LogP contribution in [-0.4, -0.2) is 24.1 Å². The summed E-state index contributed by atoms with van der Waals surface area (Å²) in [7, 11) is 1.30. The minimum absolute atomic E-state index is 0.0998. The van der Waals surface area contributed by atoms with Gasteiger partial charge in [0.2, 0.25) is 0 Å². The molecular formula is C16H17NO4. The van der Waals surface area contributed by atoms with Crippen LogP contribution >= 0.6 is 0 Å². The second-order valence-electron chi connectivity index (χ2n) is 4.64. The highest BCUT2D eigenvalue weighted by molar-refractivity contribution is 5.71. The zero-order chi connectivity index (χ0) is 15.2. The Morgan fingerprint density at radius 1 is 1.24 bits per heavy atom. The maximum absolute atomic E-state index is 11.5. The van der Waals surface area contributed by atoms with Crippen LogP contribution < -0.4 is 0 Å². The molecule has 1 unspecified atom stereocenters. The van der Waals surface area contributed by atoms with Crippen LogP contribution in [0.2, 0.25) is 0 Å². The third-order valence-corrected chi connectivity index (χ3v) is 3.06. The number of carbonyl (C=O) groups is 2. The standard InChI is InChI=1S/C16H17NO4/c1-12(18)21-15-11-17(16(19)20-2)9-8-14(15)10-13-6-4-3-5-7-13/h3-9,11,14H,10H2,1-2H3. The first-order chi connectivity index (χ1) is 10.1. The van der Waals surface area contributed by atoms with Gasteiger partial charge in [-0.2, -0.15) is 0 Å². The van der Waals surface area contributed by atoms with Crippen molar-refractivity contribution in [2.75, 3.05) is 7.11 Å². The molecule has 0 spiro atoms. The number of nitrogens with zero attached hydrogens (tertiary/aromatic N) is 1.